The number of amides is 1. The normalized spacial score (nSPS) is 36.1. The van der Waals surface area contributed by atoms with E-state index in [9.17, 15) is 4.79 Å². The van der Waals surface area contributed by atoms with E-state index < -0.39 is 6.09 Å². The molecule has 0 aromatic rings. The Morgan fingerprint density at radius 3 is 3.07 bits per heavy atom. The zero-order chi connectivity index (χ0) is 10.1. The van der Waals surface area contributed by atoms with Crippen LogP contribution in [-0.2, 0) is 0 Å². The van der Waals surface area contributed by atoms with E-state index in [4.69, 9.17) is 5.11 Å². The Morgan fingerprint density at radius 2 is 2.43 bits per heavy atom. The number of likely N-dealkylation sites (N-methyl/N-ethyl adjacent to an activating group) is 1. The largest absolute Gasteiger partial charge is 0.465 e. The van der Waals surface area contributed by atoms with Crippen molar-refractivity contribution in [1.82, 2.24) is 15.5 Å². The summed E-state index contributed by atoms with van der Waals surface area (Å²) in [5.74, 6) is 0. The molecule has 2 saturated heterocycles. The quantitative estimate of drug-likeness (QED) is 0.571. The molecule has 2 aliphatic rings. The summed E-state index contributed by atoms with van der Waals surface area (Å²) in [4.78, 5) is 12.7. The van der Waals surface area contributed by atoms with E-state index >= 15 is 0 Å². The Kier molecular flexibility index (Phi) is 2.60. The second-order valence-electron chi connectivity index (χ2n) is 4.06. The zero-order valence-electron chi connectivity index (χ0n) is 8.36. The molecule has 0 aliphatic carbocycles. The first-order valence-corrected chi connectivity index (χ1v) is 5.13. The van der Waals surface area contributed by atoms with E-state index in [-0.39, 0.29) is 18.1 Å². The number of nitrogens with zero attached hydrogens (tertiary/aromatic N) is 1. The van der Waals surface area contributed by atoms with E-state index in [1.807, 2.05) is 7.05 Å². The van der Waals surface area contributed by atoms with Crippen LogP contribution in [0.3, 0.4) is 0 Å². The first-order chi connectivity index (χ1) is 6.74. The van der Waals surface area contributed by atoms with Gasteiger partial charge in [0.1, 0.15) is 0 Å². The third kappa shape index (κ3) is 1.46. The lowest BCUT2D eigenvalue weighted by atomic mass is 10.1. The molecule has 0 aromatic carbocycles. The van der Waals surface area contributed by atoms with Gasteiger partial charge in [0.2, 0.25) is 0 Å². The number of carboxylic acid groups (broad SMARTS) is 1. The zero-order valence-corrected chi connectivity index (χ0v) is 8.36. The molecule has 0 radical (unpaired) electrons. The van der Waals surface area contributed by atoms with Crippen LogP contribution in [0, 0.1) is 0 Å². The lowest BCUT2D eigenvalue weighted by Gasteiger charge is -2.39. The molecular formula is C9H17N3O2. The molecule has 2 heterocycles. The fraction of sp³-hybridized carbons (Fsp3) is 0.889. The van der Waals surface area contributed by atoms with E-state index in [1.165, 1.54) is 0 Å². The second kappa shape index (κ2) is 3.74. The predicted molar refractivity (Wildman–Crippen MR) is 52.4 cm³/mol. The summed E-state index contributed by atoms with van der Waals surface area (Å²) in [5.41, 5.74) is 0. The highest BCUT2D eigenvalue weighted by Crippen LogP contribution is 2.29. The monoisotopic (exact) mass is 199 g/mol. The van der Waals surface area contributed by atoms with Crippen LogP contribution in [0.5, 0.6) is 0 Å². The van der Waals surface area contributed by atoms with Crippen molar-refractivity contribution >= 4 is 6.09 Å². The van der Waals surface area contributed by atoms with E-state index in [1.54, 1.807) is 4.90 Å². The van der Waals surface area contributed by atoms with Crippen molar-refractivity contribution in [2.45, 2.75) is 31.0 Å². The molecule has 5 heteroatoms. The summed E-state index contributed by atoms with van der Waals surface area (Å²) in [6.45, 7) is 1.64. The smallest absolute Gasteiger partial charge is 0.407 e. The summed E-state index contributed by atoms with van der Waals surface area (Å²) >= 11 is 0. The number of rotatable bonds is 2. The maximum Gasteiger partial charge on any atom is 0.407 e. The van der Waals surface area contributed by atoms with Gasteiger partial charge >= 0.3 is 6.09 Å². The number of nitrogens with one attached hydrogen (secondary N) is 2. The second-order valence-corrected chi connectivity index (χ2v) is 4.06. The molecule has 2 aliphatic heterocycles. The summed E-state index contributed by atoms with van der Waals surface area (Å²) in [5, 5.41) is 15.6. The Morgan fingerprint density at radius 1 is 1.64 bits per heavy atom. The average molecular weight is 199 g/mol. The van der Waals surface area contributed by atoms with Gasteiger partial charge in [0, 0.05) is 25.2 Å². The minimum absolute atomic E-state index is 0.165. The maximum atomic E-state index is 11.0. The fourth-order valence-corrected chi connectivity index (χ4v) is 2.66. The van der Waals surface area contributed by atoms with E-state index in [2.05, 4.69) is 10.6 Å². The van der Waals surface area contributed by atoms with Gasteiger partial charge in [0.25, 0.3) is 0 Å². The van der Waals surface area contributed by atoms with Gasteiger partial charge in [-0.1, -0.05) is 0 Å². The minimum Gasteiger partial charge on any atom is -0.465 e. The molecule has 14 heavy (non-hydrogen) atoms. The molecular weight excluding hydrogens is 182 g/mol. The molecule has 0 aromatic heterocycles. The molecule has 1 amide bonds. The highest BCUT2D eigenvalue weighted by atomic mass is 16.4. The van der Waals surface area contributed by atoms with Crippen LogP contribution in [0.2, 0.25) is 0 Å². The van der Waals surface area contributed by atoms with Gasteiger partial charge < -0.3 is 15.7 Å². The lowest BCUT2D eigenvalue weighted by Crippen LogP contribution is -2.61. The van der Waals surface area contributed by atoms with Gasteiger partial charge in [-0.15, -0.1) is 0 Å². The predicted octanol–water partition coefficient (Wildman–Crippen LogP) is -0.311. The molecule has 2 bridgehead atoms. The summed E-state index contributed by atoms with van der Waals surface area (Å²) in [6, 6.07) is 0.638. The molecule has 2 rings (SSSR count). The van der Waals surface area contributed by atoms with Crippen LogP contribution in [0.1, 0.15) is 12.8 Å². The van der Waals surface area contributed by atoms with Gasteiger partial charge in [-0.2, -0.15) is 0 Å². The van der Waals surface area contributed by atoms with Crippen LogP contribution in [0.25, 0.3) is 0 Å². The number of hydrogen-bond donors (Lipinski definition) is 3. The Balaban J connectivity index is 2.09. The Labute approximate surface area is 83.5 Å². The van der Waals surface area contributed by atoms with Gasteiger partial charge in [-0.25, -0.2) is 4.79 Å². The molecule has 3 atom stereocenters. The van der Waals surface area contributed by atoms with Crippen molar-refractivity contribution in [3.8, 4) is 0 Å². The van der Waals surface area contributed by atoms with Gasteiger partial charge in [-0.3, -0.25) is 4.90 Å². The van der Waals surface area contributed by atoms with Crippen molar-refractivity contribution in [2.24, 2.45) is 0 Å². The van der Waals surface area contributed by atoms with Gasteiger partial charge in [0.15, 0.2) is 0 Å². The summed E-state index contributed by atoms with van der Waals surface area (Å²) in [7, 11) is 1.90. The third-order valence-electron chi connectivity index (χ3n) is 3.27. The molecule has 0 saturated carbocycles. The molecule has 5 nitrogen and oxygen atoms in total. The SMILES string of the molecule is CNC[C@H]1NC[C@@H]2CC[C@H]1N2C(=O)O. The Hall–Kier alpha value is -0.810. The van der Waals surface area contributed by atoms with Crippen LogP contribution in [0.4, 0.5) is 4.79 Å². The average Bonchev–Trinajstić information content (AvgIpc) is 2.47. The van der Waals surface area contributed by atoms with Crippen molar-refractivity contribution < 1.29 is 9.90 Å². The van der Waals surface area contributed by atoms with Crippen LogP contribution in [-0.4, -0.2) is 54.4 Å². The number of fused-ring (bicyclic) bond motifs is 2. The fourth-order valence-electron chi connectivity index (χ4n) is 2.66. The lowest BCUT2D eigenvalue weighted by molar-refractivity contribution is 0.0914. The Bertz CT molecular complexity index is 234. The first-order valence-electron chi connectivity index (χ1n) is 5.13. The van der Waals surface area contributed by atoms with Crippen LogP contribution < -0.4 is 10.6 Å². The van der Waals surface area contributed by atoms with Crippen molar-refractivity contribution in [3.05, 3.63) is 0 Å². The van der Waals surface area contributed by atoms with Crippen LogP contribution in [0.15, 0.2) is 0 Å². The van der Waals surface area contributed by atoms with Gasteiger partial charge in [0.05, 0.1) is 6.04 Å². The number of piperazine rings is 1. The highest BCUT2D eigenvalue weighted by molar-refractivity contribution is 5.66. The molecule has 0 unspecified atom stereocenters. The molecule has 2 fully saturated rings. The van der Waals surface area contributed by atoms with E-state index in [0.29, 0.717) is 0 Å². The van der Waals surface area contributed by atoms with E-state index in [0.717, 1.165) is 25.9 Å². The van der Waals surface area contributed by atoms with Crippen LogP contribution >= 0.6 is 0 Å². The maximum absolute atomic E-state index is 11.0. The number of hydrogen-bond acceptors (Lipinski definition) is 3. The molecule has 0 spiro atoms. The van der Waals surface area contributed by atoms with Gasteiger partial charge in [-0.05, 0) is 19.9 Å². The molecule has 3 N–H and O–H groups in total. The highest BCUT2D eigenvalue weighted by Gasteiger charge is 2.44. The van der Waals surface area contributed by atoms with Crippen molar-refractivity contribution in [3.63, 3.8) is 0 Å². The minimum atomic E-state index is -0.764. The topological polar surface area (TPSA) is 64.6 Å². The van der Waals surface area contributed by atoms with Crippen molar-refractivity contribution in [2.75, 3.05) is 20.1 Å². The number of carbonyl (C=O) groups is 1. The summed E-state index contributed by atoms with van der Waals surface area (Å²) in [6.07, 6.45) is 1.24. The standard InChI is InChI=1S/C9H17N3O2/c1-10-5-7-8-3-2-6(4-11-7)12(8)9(13)14/h6-8,10-11H,2-5H2,1H3,(H,13,14)/t6-,7+,8+/m0/s1. The van der Waals surface area contributed by atoms with Crippen molar-refractivity contribution in [1.29, 1.82) is 0 Å². The molecule has 80 valence electrons. The third-order valence-corrected chi connectivity index (χ3v) is 3.27. The summed E-state index contributed by atoms with van der Waals surface area (Å²) < 4.78 is 0. The first kappa shape index (κ1) is 9.73.